The Hall–Kier alpha value is -3.31. The van der Waals surface area contributed by atoms with Crippen LogP contribution in [0.3, 0.4) is 0 Å². The van der Waals surface area contributed by atoms with Gasteiger partial charge in [-0.15, -0.1) is 0 Å². The highest BCUT2D eigenvalue weighted by Crippen LogP contribution is 2.40. The number of hydrogen-bond acceptors (Lipinski definition) is 6. The summed E-state index contributed by atoms with van der Waals surface area (Å²) in [6.07, 6.45) is -2.47. The van der Waals surface area contributed by atoms with Crippen molar-refractivity contribution in [1.29, 1.82) is 0 Å². The second-order valence-corrected chi connectivity index (χ2v) is 9.12. The number of benzene rings is 3. The molecule has 0 amide bonds. The molecule has 6 atom stereocenters. The smallest absolute Gasteiger partial charge is 0.206 e. The molecule has 37 heavy (non-hydrogen) atoms. The highest BCUT2D eigenvalue weighted by atomic mass is 16.7. The van der Waals surface area contributed by atoms with Gasteiger partial charge in [0.1, 0.15) is 12.2 Å². The summed E-state index contributed by atoms with van der Waals surface area (Å²) in [4.78, 5) is 13.1. The first-order chi connectivity index (χ1) is 18.2. The zero-order valence-corrected chi connectivity index (χ0v) is 20.7. The zero-order chi connectivity index (χ0) is 25.5. The molecule has 3 aromatic carbocycles. The summed E-state index contributed by atoms with van der Waals surface area (Å²) in [5.74, 6) is 5.23. The van der Waals surface area contributed by atoms with Gasteiger partial charge in [-0.3, -0.25) is 4.79 Å². The van der Waals surface area contributed by atoms with Crippen molar-refractivity contribution in [2.45, 2.75) is 43.9 Å². The lowest BCUT2D eigenvalue weighted by atomic mass is 9.84. The van der Waals surface area contributed by atoms with Gasteiger partial charge in [-0.1, -0.05) is 84.8 Å². The Morgan fingerprint density at radius 3 is 2.30 bits per heavy atom. The van der Waals surface area contributed by atoms with Gasteiger partial charge in [-0.25, -0.2) is 0 Å². The lowest BCUT2D eigenvalue weighted by Gasteiger charge is -2.49. The Morgan fingerprint density at radius 2 is 1.59 bits per heavy atom. The van der Waals surface area contributed by atoms with Crippen molar-refractivity contribution in [2.24, 2.45) is 5.92 Å². The fourth-order valence-corrected chi connectivity index (χ4v) is 4.78. The minimum absolute atomic E-state index is 0.144. The fraction of sp³-hybridized carbons (Fsp3) is 0.323. The summed E-state index contributed by atoms with van der Waals surface area (Å²) in [6.45, 7) is 0.668. The van der Waals surface area contributed by atoms with Gasteiger partial charge >= 0.3 is 0 Å². The second kappa shape index (κ2) is 12.3. The number of rotatable bonds is 7. The van der Waals surface area contributed by atoms with Crippen LogP contribution in [0.2, 0.25) is 0 Å². The molecular weight excluding hydrogens is 468 g/mol. The molecule has 0 spiro atoms. The number of hydrogen-bond donors (Lipinski definition) is 0. The van der Waals surface area contributed by atoms with Crippen LogP contribution >= 0.6 is 0 Å². The van der Waals surface area contributed by atoms with Crippen molar-refractivity contribution < 1.29 is 28.5 Å². The number of carbonyl (C=O) groups is 1. The van der Waals surface area contributed by atoms with Gasteiger partial charge < -0.3 is 23.7 Å². The second-order valence-electron chi connectivity index (χ2n) is 9.12. The standard InChI is InChI=1S/C31H30O6/c1-33-31-29(34-20-23-13-7-3-8-14-23)26(19-25(32)18-17-22-11-5-2-6-12-22)28-27(36-31)21-35-30(37-28)24-15-9-4-10-16-24/h2-16,26-31H,19-21H2,1H3/t26-,27-,28+,29+,30?,31+/m1/s1. The number of ketones is 1. The maximum absolute atomic E-state index is 13.1. The average Bonchev–Trinajstić information content (AvgIpc) is 2.96. The van der Waals surface area contributed by atoms with Gasteiger partial charge in [-0.05, 0) is 23.6 Å². The largest absolute Gasteiger partial charge is 0.368 e. The van der Waals surface area contributed by atoms with Gasteiger partial charge in [0.25, 0.3) is 0 Å². The first-order valence-corrected chi connectivity index (χ1v) is 12.5. The van der Waals surface area contributed by atoms with Crippen LogP contribution in [0, 0.1) is 17.8 Å². The molecule has 0 aliphatic carbocycles. The molecule has 2 aliphatic heterocycles. The molecule has 1 unspecified atom stereocenters. The molecule has 0 radical (unpaired) electrons. The monoisotopic (exact) mass is 498 g/mol. The number of carbonyl (C=O) groups excluding carboxylic acids is 1. The molecule has 0 aromatic heterocycles. The predicted molar refractivity (Wildman–Crippen MR) is 137 cm³/mol. The number of ether oxygens (including phenoxy) is 5. The number of Topliss-reactive ketones (excluding diaryl/α,β-unsaturated/α-hetero) is 1. The third-order valence-electron chi connectivity index (χ3n) is 6.61. The summed E-state index contributed by atoms with van der Waals surface area (Å²) in [5, 5.41) is 0. The topological polar surface area (TPSA) is 63.2 Å². The highest BCUT2D eigenvalue weighted by Gasteiger charge is 2.51. The van der Waals surface area contributed by atoms with E-state index in [2.05, 4.69) is 11.8 Å². The first-order valence-electron chi connectivity index (χ1n) is 12.5. The van der Waals surface area contributed by atoms with Gasteiger partial charge in [0.2, 0.25) is 5.78 Å². The summed E-state index contributed by atoms with van der Waals surface area (Å²) >= 11 is 0. The van der Waals surface area contributed by atoms with Crippen LogP contribution in [-0.4, -0.2) is 44.1 Å². The van der Waals surface area contributed by atoms with Crippen molar-refractivity contribution in [3.8, 4) is 11.8 Å². The Labute approximate surface area is 217 Å². The highest BCUT2D eigenvalue weighted by molar-refractivity contribution is 5.96. The van der Waals surface area contributed by atoms with E-state index in [-0.39, 0.29) is 18.1 Å². The Balaban J connectivity index is 1.40. The van der Waals surface area contributed by atoms with Crippen LogP contribution < -0.4 is 0 Å². The molecule has 6 heteroatoms. The summed E-state index contributed by atoms with van der Waals surface area (Å²) < 4.78 is 30.7. The SMILES string of the molecule is CO[C@H]1O[C@@H]2COC(c3ccccc3)O[C@H]2[C@@H](CC(=O)C#Cc2ccccc2)[C@@H]1OCc1ccccc1. The molecule has 2 aliphatic rings. The van der Waals surface area contributed by atoms with E-state index in [1.165, 1.54) is 0 Å². The Kier molecular flexibility index (Phi) is 8.42. The van der Waals surface area contributed by atoms with Crippen LogP contribution in [0.25, 0.3) is 0 Å². The number of methoxy groups -OCH3 is 1. The summed E-state index contributed by atoms with van der Waals surface area (Å²) in [5.41, 5.74) is 2.72. The zero-order valence-electron chi connectivity index (χ0n) is 20.7. The maximum Gasteiger partial charge on any atom is 0.206 e. The minimum atomic E-state index is -0.676. The molecule has 0 bridgehead atoms. The molecule has 190 valence electrons. The van der Waals surface area contributed by atoms with Crippen LogP contribution in [0.15, 0.2) is 91.0 Å². The molecular formula is C31H30O6. The summed E-state index contributed by atoms with van der Waals surface area (Å²) in [6, 6.07) is 29.1. The van der Waals surface area contributed by atoms with Crippen molar-refractivity contribution in [3.63, 3.8) is 0 Å². The van der Waals surface area contributed by atoms with Crippen LogP contribution in [-0.2, 0) is 35.1 Å². The van der Waals surface area contributed by atoms with Gasteiger partial charge in [0.05, 0.1) is 19.3 Å². The molecule has 2 heterocycles. The molecule has 3 aromatic rings. The third-order valence-corrected chi connectivity index (χ3v) is 6.61. The molecule has 2 fully saturated rings. The van der Waals surface area contributed by atoms with E-state index in [1.54, 1.807) is 7.11 Å². The molecule has 5 rings (SSSR count). The van der Waals surface area contributed by atoms with Crippen LogP contribution in [0.1, 0.15) is 29.4 Å². The van der Waals surface area contributed by atoms with E-state index in [1.807, 2.05) is 91.0 Å². The maximum atomic E-state index is 13.1. The minimum Gasteiger partial charge on any atom is -0.368 e. The molecule has 0 saturated carbocycles. The van der Waals surface area contributed by atoms with Crippen molar-refractivity contribution >= 4 is 5.78 Å². The van der Waals surface area contributed by atoms with E-state index in [0.29, 0.717) is 13.2 Å². The lowest BCUT2D eigenvalue weighted by Crippen LogP contribution is -2.60. The lowest BCUT2D eigenvalue weighted by molar-refractivity contribution is -0.355. The quantitative estimate of drug-likeness (QED) is 0.441. The van der Waals surface area contributed by atoms with Gasteiger partial charge in [0.15, 0.2) is 12.6 Å². The van der Waals surface area contributed by atoms with E-state index >= 15 is 0 Å². The van der Waals surface area contributed by atoms with Gasteiger partial charge in [-0.2, -0.15) is 0 Å². The van der Waals surface area contributed by atoms with Gasteiger partial charge in [0, 0.05) is 30.6 Å². The van der Waals surface area contributed by atoms with Crippen molar-refractivity contribution in [1.82, 2.24) is 0 Å². The third kappa shape index (κ3) is 6.34. The molecule has 2 saturated heterocycles. The average molecular weight is 499 g/mol. The molecule has 6 nitrogen and oxygen atoms in total. The van der Waals surface area contributed by atoms with E-state index in [0.717, 1.165) is 16.7 Å². The van der Waals surface area contributed by atoms with Crippen molar-refractivity contribution in [3.05, 3.63) is 108 Å². The first kappa shape index (κ1) is 25.3. The van der Waals surface area contributed by atoms with E-state index in [4.69, 9.17) is 23.7 Å². The number of fused-ring (bicyclic) bond motifs is 1. The van der Waals surface area contributed by atoms with Crippen LogP contribution in [0.5, 0.6) is 0 Å². The summed E-state index contributed by atoms with van der Waals surface area (Å²) in [7, 11) is 1.58. The van der Waals surface area contributed by atoms with Crippen molar-refractivity contribution in [2.75, 3.05) is 13.7 Å². The van der Waals surface area contributed by atoms with E-state index in [9.17, 15) is 4.79 Å². The molecule has 0 N–H and O–H groups in total. The van der Waals surface area contributed by atoms with Crippen LogP contribution in [0.4, 0.5) is 0 Å². The Morgan fingerprint density at radius 1 is 0.919 bits per heavy atom. The normalized spacial score (nSPS) is 26.9. The fourth-order valence-electron chi connectivity index (χ4n) is 4.78. The Bertz CT molecular complexity index is 1200. The van der Waals surface area contributed by atoms with E-state index < -0.39 is 30.9 Å². The predicted octanol–water partition coefficient (Wildman–Crippen LogP) is 4.68.